The van der Waals surface area contributed by atoms with Crippen molar-refractivity contribution in [3.63, 3.8) is 0 Å². The summed E-state index contributed by atoms with van der Waals surface area (Å²) in [5, 5.41) is 3.27. The second kappa shape index (κ2) is 6.07. The second-order valence-electron chi connectivity index (χ2n) is 4.84. The first-order chi connectivity index (χ1) is 9.54. The summed E-state index contributed by atoms with van der Waals surface area (Å²) in [7, 11) is 0. The molecule has 2 aromatic rings. The summed E-state index contributed by atoms with van der Waals surface area (Å²) >= 11 is 0. The van der Waals surface area contributed by atoms with E-state index in [-0.39, 0.29) is 12.4 Å². The van der Waals surface area contributed by atoms with Gasteiger partial charge in [-0.2, -0.15) is 13.2 Å². The largest absolute Gasteiger partial charge is 0.416 e. The Morgan fingerprint density at radius 3 is 2.52 bits per heavy atom. The van der Waals surface area contributed by atoms with E-state index in [0.717, 1.165) is 43.2 Å². The lowest BCUT2D eigenvalue weighted by molar-refractivity contribution is -0.137. The molecule has 21 heavy (non-hydrogen) atoms. The van der Waals surface area contributed by atoms with Crippen LogP contribution in [0.15, 0.2) is 30.5 Å². The molecule has 0 atom stereocenters. The van der Waals surface area contributed by atoms with Crippen LogP contribution in [0.1, 0.15) is 17.8 Å². The minimum absolute atomic E-state index is 0. The lowest BCUT2D eigenvalue weighted by atomic mass is 10.1. The molecular weight excluding hydrogens is 303 g/mol. The van der Waals surface area contributed by atoms with Gasteiger partial charge in [-0.15, -0.1) is 12.4 Å². The summed E-state index contributed by atoms with van der Waals surface area (Å²) in [4.78, 5) is 4.49. The average Bonchev–Trinajstić information content (AvgIpc) is 2.69. The van der Waals surface area contributed by atoms with Crippen LogP contribution in [0.25, 0.3) is 11.3 Å². The van der Waals surface area contributed by atoms with Crippen molar-refractivity contribution in [1.29, 1.82) is 0 Å². The van der Waals surface area contributed by atoms with E-state index in [9.17, 15) is 13.2 Å². The van der Waals surface area contributed by atoms with Gasteiger partial charge >= 0.3 is 6.18 Å². The minimum Gasteiger partial charge on any atom is -0.333 e. The van der Waals surface area contributed by atoms with E-state index in [1.54, 1.807) is 0 Å². The lowest BCUT2D eigenvalue weighted by Gasteiger charge is -2.06. The van der Waals surface area contributed by atoms with Crippen LogP contribution >= 0.6 is 12.4 Å². The molecule has 0 saturated heterocycles. The van der Waals surface area contributed by atoms with Crippen LogP contribution < -0.4 is 5.32 Å². The number of alkyl halides is 3. The molecule has 2 heterocycles. The van der Waals surface area contributed by atoms with Crippen molar-refractivity contribution in [2.45, 2.75) is 25.7 Å². The highest BCUT2D eigenvalue weighted by Gasteiger charge is 2.30. The number of benzene rings is 1. The quantitative estimate of drug-likeness (QED) is 0.872. The molecule has 0 radical (unpaired) electrons. The number of hydrogen-bond acceptors (Lipinski definition) is 2. The summed E-state index contributed by atoms with van der Waals surface area (Å²) in [6.45, 7) is 2.54. The summed E-state index contributed by atoms with van der Waals surface area (Å²) in [6.07, 6.45) is -1.37. The lowest BCUT2D eigenvalue weighted by Crippen LogP contribution is -2.12. The number of aromatic nitrogens is 2. The fourth-order valence-corrected chi connectivity index (χ4v) is 2.33. The van der Waals surface area contributed by atoms with Crippen molar-refractivity contribution in [3.8, 4) is 11.3 Å². The molecule has 0 saturated carbocycles. The molecule has 3 rings (SSSR count). The van der Waals surface area contributed by atoms with E-state index in [0.29, 0.717) is 12.1 Å². The first-order valence-electron chi connectivity index (χ1n) is 6.48. The number of halogens is 4. The number of nitrogens with one attached hydrogen (secondary N) is 1. The highest BCUT2D eigenvalue weighted by atomic mass is 35.5. The average molecular weight is 318 g/mol. The number of rotatable bonds is 1. The monoisotopic (exact) mass is 317 g/mol. The van der Waals surface area contributed by atoms with Gasteiger partial charge in [0.1, 0.15) is 5.82 Å². The second-order valence-corrected chi connectivity index (χ2v) is 4.84. The van der Waals surface area contributed by atoms with Crippen molar-refractivity contribution in [2.24, 2.45) is 0 Å². The smallest absolute Gasteiger partial charge is 0.333 e. The van der Waals surface area contributed by atoms with Gasteiger partial charge in [0.25, 0.3) is 0 Å². The zero-order chi connectivity index (χ0) is 14.2. The molecular formula is C14H15ClF3N3. The molecule has 1 aromatic heterocycles. The normalized spacial score (nSPS) is 15.0. The molecule has 0 amide bonds. The molecule has 0 spiro atoms. The van der Waals surface area contributed by atoms with Crippen LogP contribution in [0.5, 0.6) is 0 Å². The maximum absolute atomic E-state index is 12.5. The zero-order valence-corrected chi connectivity index (χ0v) is 12.0. The Hall–Kier alpha value is -1.53. The van der Waals surface area contributed by atoms with Gasteiger partial charge < -0.3 is 9.88 Å². The van der Waals surface area contributed by atoms with E-state index in [1.165, 1.54) is 12.1 Å². The highest BCUT2D eigenvalue weighted by molar-refractivity contribution is 5.85. The number of hydrogen-bond donors (Lipinski definition) is 1. The topological polar surface area (TPSA) is 29.9 Å². The molecule has 1 aliphatic heterocycles. The molecule has 0 aliphatic carbocycles. The van der Waals surface area contributed by atoms with Crippen molar-refractivity contribution in [3.05, 3.63) is 41.9 Å². The van der Waals surface area contributed by atoms with Gasteiger partial charge in [0, 0.05) is 18.3 Å². The molecule has 0 bridgehead atoms. The number of nitrogens with zero attached hydrogens (tertiary/aromatic N) is 2. The maximum atomic E-state index is 12.5. The van der Waals surface area contributed by atoms with Gasteiger partial charge in [-0.25, -0.2) is 4.98 Å². The van der Waals surface area contributed by atoms with E-state index < -0.39 is 11.7 Å². The Bertz CT molecular complexity index is 581. The number of aryl methyl sites for hydroxylation is 1. The molecule has 7 heteroatoms. The van der Waals surface area contributed by atoms with Gasteiger partial charge in [0.15, 0.2) is 0 Å². The molecule has 114 valence electrons. The highest BCUT2D eigenvalue weighted by Crippen LogP contribution is 2.30. The standard InChI is InChI=1S/C14H14F3N3.ClH/c15-14(16,17)11-4-2-10(3-5-11)12-9-20-7-1-6-18-8-13(20)19-12;/h2-5,9,18H,1,6-8H2;1H. The Kier molecular flexibility index (Phi) is 4.58. The van der Waals surface area contributed by atoms with Crippen molar-refractivity contribution in [2.75, 3.05) is 6.54 Å². The summed E-state index contributed by atoms with van der Waals surface area (Å²) < 4.78 is 39.6. The SMILES string of the molecule is Cl.FC(F)(F)c1ccc(-c2cn3c(n2)CNCCC3)cc1. The predicted molar refractivity (Wildman–Crippen MR) is 76.2 cm³/mol. The van der Waals surface area contributed by atoms with Crippen LogP contribution in [0, 0.1) is 0 Å². The molecule has 0 unspecified atom stereocenters. The van der Waals surface area contributed by atoms with Crippen LogP contribution in [0.3, 0.4) is 0 Å². The van der Waals surface area contributed by atoms with Gasteiger partial charge in [-0.1, -0.05) is 12.1 Å². The molecule has 1 aliphatic rings. The van der Waals surface area contributed by atoms with E-state index in [4.69, 9.17) is 0 Å². The fourth-order valence-electron chi connectivity index (χ4n) is 2.33. The molecule has 3 nitrogen and oxygen atoms in total. The van der Waals surface area contributed by atoms with E-state index >= 15 is 0 Å². The summed E-state index contributed by atoms with van der Waals surface area (Å²) in [6, 6.07) is 5.13. The third kappa shape index (κ3) is 3.39. The van der Waals surface area contributed by atoms with Crippen LogP contribution in [-0.4, -0.2) is 16.1 Å². The van der Waals surface area contributed by atoms with Crippen LogP contribution in [0.2, 0.25) is 0 Å². The summed E-state index contributed by atoms with van der Waals surface area (Å²) in [5.74, 6) is 0.928. The van der Waals surface area contributed by atoms with Gasteiger partial charge in [-0.3, -0.25) is 0 Å². The first kappa shape index (κ1) is 15.9. The third-order valence-corrected chi connectivity index (χ3v) is 3.40. The van der Waals surface area contributed by atoms with Crippen molar-refractivity contribution < 1.29 is 13.2 Å². The van der Waals surface area contributed by atoms with Crippen LogP contribution in [-0.2, 0) is 19.3 Å². The zero-order valence-electron chi connectivity index (χ0n) is 11.2. The Balaban J connectivity index is 0.00000161. The fraction of sp³-hybridized carbons (Fsp3) is 0.357. The molecule has 1 N–H and O–H groups in total. The van der Waals surface area contributed by atoms with Gasteiger partial charge in [-0.05, 0) is 25.1 Å². The summed E-state index contributed by atoms with van der Waals surface area (Å²) in [5.41, 5.74) is 0.791. The van der Waals surface area contributed by atoms with Crippen molar-refractivity contribution >= 4 is 12.4 Å². The van der Waals surface area contributed by atoms with E-state index in [2.05, 4.69) is 14.9 Å². The van der Waals surface area contributed by atoms with E-state index in [1.807, 2.05) is 6.20 Å². The van der Waals surface area contributed by atoms with Crippen molar-refractivity contribution in [1.82, 2.24) is 14.9 Å². The number of imidazole rings is 1. The van der Waals surface area contributed by atoms with Gasteiger partial charge in [0.05, 0.1) is 17.8 Å². The third-order valence-electron chi connectivity index (χ3n) is 3.40. The first-order valence-corrected chi connectivity index (χ1v) is 6.48. The predicted octanol–water partition coefficient (Wildman–Crippen LogP) is 3.48. The maximum Gasteiger partial charge on any atom is 0.416 e. The minimum atomic E-state index is -4.30. The number of fused-ring (bicyclic) bond motifs is 1. The Labute approximate surface area is 126 Å². The molecule has 0 fully saturated rings. The van der Waals surface area contributed by atoms with Crippen LogP contribution in [0.4, 0.5) is 13.2 Å². The molecule has 1 aromatic carbocycles. The Morgan fingerprint density at radius 2 is 1.86 bits per heavy atom. The Morgan fingerprint density at radius 1 is 1.14 bits per heavy atom. The van der Waals surface area contributed by atoms with Gasteiger partial charge in [0.2, 0.25) is 0 Å².